The molecule has 0 radical (unpaired) electrons. The summed E-state index contributed by atoms with van der Waals surface area (Å²) in [5, 5.41) is 2.58. The van der Waals surface area contributed by atoms with Crippen molar-refractivity contribution in [3.63, 3.8) is 0 Å². The number of carbonyl (C=O) groups is 2. The van der Waals surface area contributed by atoms with E-state index in [-0.39, 0.29) is 5.92 Å². The van der Waals surface area contributed by atoms with Gasteiger partial charge < -0.3 is 9.53 Å². The second kappa shape index (κ2) is 5.90. The summed E-state index contributed by atoms with van der Waals surface area (Å²) in [5.74, 6) is 0.150. The Labute approximate surface area is 94.6 Å². The van der Waals surface area contributed by atoms with Gasteiger partial charge >= 0.3 is 6.09 Å². The van der Waals surface area contributed by atoms with Gasteiger partial charge in [0.25, 0.3) is 0 Å². The van der Waals surface area contributed by atoms with E-state index in [9.17, 15) is 9.59 Å². The van der Waals surface area contributed by atoms with Crippen molar-refractivity contribution < 1.29 is 14.3 Å². The van der Waals surface area contributed by atoms with E-state index in [1.54, 1.807) is 6.07 Å². The van der Waals surface area contributed by atoms with Gasteiger partial charge in [-0.15, -0.1) is 0 Å². The molecule has 1 rings (SSSR count). The van der Waals surface area contributed by atoms with Crippen LogP contribution in [0.5, 0.6) is 0 Å². The lowest BCUT2D eigenvalue weighted by Gasteiger charge is -2.10. The minimum atomic E-state index is -0.500. The number of ether oxygens (including phenoxy) is 1. The third kappa shape index (κ3) is 3.38. The van der Waals surface area contributed by atoms with Crippen molar-refractivity contribution >= 4 is 18.1 Å². The fraction of sp³-hybridized carbons (Fsp3) is 0.333. The fourth-order valence-corrected chi connectivity index (χ4v) is 1.37. The van der Waals surface area contributed by atoms with Crippen LogP contribution in [0.3, 0.4) is 0 Å². The molecule has 0 bridgehead atoms. The van der Waals surface area contributed by atoms with E-state index >= 15 is 0 Å². The molecule has 1 atom stereocenters. The van der Waals surface area contributed by atoms with Gasteiger partial charge in [0.2, 0.25) is 0 Å². The van der Waals surface area contributed by atoms with Crippen LogP contribution >= 0.6 is 0 Å². The van der Waals surface area contributed by atoms with Crippen LogP contribution in [0.25, 0.3) is 0 Å². The Morgan fingerprint density at radius 1 is 1.56 bits per heavy atom. The second-order valence-electron chi connectivity index (χ2n) is 3.55. The number of benzene rings is 1. The molecule has 4 heteroatoms. The molecule has 1 aromatic rings. The van der Waals surface area contributed by atoms with E-state index in [1.165, 1.54) is 7.11 Å². The molecule has 86 valence electrons. The van der Waals surface area contributed by atoms with E-state index in [0.29, 0.717) is 12.1 Å². The smallest absolute Gasteiger partial charge is 0.411 e. The summed E-state index contributed by atoms with van der Waals surface area (Å²) in [6, 6.07) is 7.37. The quantitative estimate of drug-likeness (QED) is 0.795. The minimum absolute atomic E-state index is 0.150. The van der Waals surface area contributed by atoms with Gasteiger partial charge in [-0.25, -0.2) is 4.79 Å². The van der Waals surface area contributed by atoms with Gasteiger partial charge in [0.1, 0.15) is 6.29 Å². The first-order chi connectivity index (χ1) is 7.67. The van der Waals surface area contributed by atoms with Crippen LogP contribution in [0.4, 0.5) is 10.5 Å². The molecular formula is C12H15NO3. The van der Waals surface area contributed by atoms with Crippen LogP contribution in [0.15, 0.2) is 24.3 Å². The van der Waals surface area contributed by atoms with Crippen molar-refractivity contribution in [1.82, 2.24) is 0 Å². The van der Waals surface area contributed by atoms with E-state index < -0.39 is 6.09 Å². The molecule has 4 nitrogen and oxygen atoms in total. The number of carbonyl (C=O) groups excluding carboxylic acids is 2. The number of nitrogens with one attached hydrogen (secondary N) is 1. The van der Waals surface area contributed by atoms with Gasteiger partial charge in [-0.05, 0) is 23.6 Å². The molecule has 0 saturated carbocycles. The zero-order chi connectivity index (χ0) is 12.0. The van der Waals surface area contributed by atoms with Crippen LogP contribution in [0, 0.1) is 0 Å². The van der Waals surface area contributed by atoms with Crippen LogP contribution in [0.1, 0.15) is 24.8 Å². The number of hydrogen-bond acceptors (Lipinski definition) is 3. The molecule has 0 spiro atoms. The van der Waals surface area contributed by atoms with Gasteiger partial charge in [0.15, 0.2) is 0 Å². The molecular weight excluding hydrogens is 206 g/mol. The molecule has 0 aliphatic heterocycles. The Morgan fingerprint density at radius 3 is 2.94 bits per heavy atom. The first-order valence-electron chi connectivity index (χ1n) is 5.06. The Balaban J connectivity index is 2.78. The first-order valence-corrected chi connectivity index (χ1v) is 5.06. The lowest BCUT2D eigenvalue weighted by Crippen LogP contribution is -2.11. The molecule has 1 N–H and O–H groups in total. The zero-order valence-electron chi connectivity index (χ0n) is 9.40. The maximum absolute atomic E-state index is 11.0. The standard InChI is InChI=1S/C12H15NO3/c1-9(6-7-14)10-4-3-5-11(8-10)13-12(15)16-2/h3-5,7-9H,6H2,1-2H3,(H,13,15). The Hall–Kier alpha value is -1.84. The number of anilines is 1. The highest BCUT2D eigenvalue weighted by molar-refractivity contribution is 5.84. The van der Waals surface area contributed by atoms with E-state index in [4.69, 9.17) is 0 Å². The van der Waals surface area contributed by atoms with Gasteiger partial charge in [-0.3, -0.25) is 5.32 Å². The number of aldehydes is 1. The SMILES string of the molecule is COC(=O)Nc1cccc(C(C)CC=O)c1. The normalized spacial score (nSPS) is 11.6. The predicted molar refractivity (Wildman–Crippen MR) is 61.6 cm³/mol. The Bertz CT molecular complexity index is 376. The van der Waals surface area contributed by atoms with Crippen LogP contribution in [-0.2, 0) is 9.53 Å². The highest BCUT2D eigenvalue weighted by Gasteiger charge is 2.06. The van der Waals surface area contributed by atoms with Crippen molar-refractivity contribution in [3.8, 4) is 0 Å². The average Bonchev–Trinajstić information content (AvgIpc) is 2.29. The lowest BCUT2D eigenvalue weighted by molar-refractivity contribution is -0.108. The molecule has 0 aliphatic carbocycles. The lowest BCUT2D eigenvalue weighted by atomic mass is 9.98. The molecule has 0 heterocycles. The highest BCUT2D eigenvalue weighted by Crippen LogP contribution is 2.21. The summed E-state index contributed by atoms with van der Waals surface area (Å²) < 4.78 is 4.50. The van der Waals surface area contributed by atoms with Crippen molar-refractivity contribution in [2.45, 2.75) is 19.3 Å². The number of hydrogen-bond donors (Lipinski definition) is 1. The van der Waals surface area contributed by atoms with Crippen molar-refractivity contribution in [2.24, 2.45) is 0 Å². The van der Waals surface area contributed by atoms with Crippen molar-refractivity contribution in [2.75, 3.05) is 12.4 Å². The van der Waals surface area contributed by atoms with Crippen LogP contribution in [-0.4, -0.2) is 19.5 Å². The summed E-state index contributed by atoms with van der Waals surface area (Å²) in [7, 11) is 1.31. The largest absolute Gasteiger partial charge is 0.453 e. The van der Waals surface area contributed by atoms with Gasteiger partial charge in [0.05, 0.1) is 7.11 Å². The third-order valence-electron chi connectivity index (χ3n) is 2.34. The summed E-state index contributed by atoms with van der Waals surface area (Å²) in [5.41, 5.74) is 1.68. The second-order valence-corrected chi connectivity index (χ2v) is 3.55. The zero-order valence-corrected chi connectivity index (χ0v) is 9.40. The summed E-state index contributed by atoms with van der Waals surface area (Å²) in [6.07, 6.45) is 0.868. The Kier molecular flexibility index (Phi) is 4.51. The molecule has 16 heavy (non-hydrogen) atoms. The van der Waals surface area contributed by atoms with Crippen molar-refractivity contribution in [1.29, 1.82) is 0 Å². The third-order valence-corrected chi connectivity index (χ3v) is 2.34. The number of amides is 1. The van der Waals surface area contributed by atoms with E-state index in [0.717, 1.165) is 11.8 Å². The van der Waals surface area contributed by atoms with Gasteiger partial charge in [-0.2, -0.15) is 0 Å². The molecule has 0 fully saturated rings. The summed E-state index contributed by atoms with van der Waals surface area (Å²) in [6.45, 7) is 1.96. The van der Waals surface area contributed by atoms with Crippen molar-refractivity contribution in [3.05, 3.63) is 29.8 Å². The monoisotopic (exact) mass is 221 g/mol. The summed E-state index contributed by atoms with van der Waals surface area (Å²) >= 11 is 0. The van der Waals surface area contributed by atoms with Crippen LogP contribution < -0.4 is 5.32 Å². The average molecular weight is 221 g/mol. The van der Waals surface area contributed by atoms with Crippen LogP contribution in [0.2, 0.25) is 0 Å². The molecule has 0 aromatic heterocycles. The maximum Gasteiger partial charge on any atom is 0.411 e. The van der Waals surface area contributed by atoms with Gasteiger partial charge in [0, 0.05) is 12.1 Å². The number of methoxy groups -OCH3 is 1. The van der Waals surface area contributed by atoms with Gasteiger partial charge in [-0.1, -0.05) is 19.1 Å². The van der Waals surface area contributed by atoms with E-state index in [2.05, 4.69) is 10.1 Å². The topological polar surface area (TPSA) is 55.4 Å². The molecule has 1 unspecified atom stereocenters. The predicted octanol–water partition coefficient (Wildman–Crippen LogP) is 2.56. The number of rotatable bonds is 4. The Morgan fingerprint density at radius 2 is 2.31 bits per heavy atom. The fourth-order valence-electron chi connectivity index (χ4n) is 1.37. The van der Waals surface area contributed by atoms with E-state index in [1.807, 2.05) is 25.1 Å². The molecule has 0 saturated heterocycles. The molecule has 1 amide bonds. The highest BCUT2D eigenvalue weighted by atomic mass is 16.5. The maximum atomic E-state index is 11.0. The summed E-state index contributed by atoms with van der Waals surface area (Å²) in [4.78, 5) is 21.4. The minimum Gasteiger partial charge on any atom is -0.453 e. The molecule has 1 aromatic carbocycles. The molecule has 0 aliphatic rings. The first kappa shape index (κ1) is 12.2.